The van der Waals surface area contributed by atoms with Crippen molar-refractivity contribution in [3.63, 3.8) is 0 Å². The standard InChI is InChI=1S/C23H26N6O2S/c1-31-19-10-8-18(9-11-19)29-20(16-32-23-25-13-5-14-26-23)21(27-28-29)22(30)24-15-12-17-6-3-2-4-7-17/h5-6,8-11,13-14H,2-4,7,12,15-16H2,1H3,(H,24,30). The van der Waals surface area contributed by atoms with Crippen molar-refractivity contribution in [2.75, 3.05) is 13.7 Å². The van der Waals surface area contributed by atoms with Crippen molar-refractivity contribution in [2.45, 2.75) is 43.0 Å². The van der Waals surface area contributed by atoms with Gasteiger partial charge in [-0.15, -0.1) is 5.10 Å². The summed E-state index contributed by atoms with van der Waals surface area (Å²) < 4.78 is 6.93. The van der Waals surface area contributed by atoms with Crippen LogP contribution in [0.2, 0.25) is 0 Å². The quantitative estimate of drug-likeness (QED) is 0.299. The number of carbonyl (C=O) groups excluding carboxylic acids is 1. The highest BCUT2D eigenvalue weighted by molar-refractivity contribution is 7.98. The molecule has 0 aliphatic heterocycles. The molecule has 9 heteroatoms. The second-order valence-corrected chi connectivity index (χ2v) is 8.37. The van der Waals surface area contributed by atoms with Crippen LogP contribution in [0, 0.1) is 0 Å². The summed E-state index contributed by atoms with van der Waals surface area (Å²) in [6.07, 6.45) is 11.3. The van der Waals surface area contributed by atoms with Crippen LogP contribution < -0.4 is 10.1 Å². The molecule has 4 rings (SSSR count). The number of hydrogen-bond donors (Lipinski definition) is 1. The lowest BCUT2D eigenvalue weighted by Gasteiger charge is -2.13. The molecule has 3 aromatic rings. The molecule has 0 atom stereocenters. The van der Waals surface area contributed by atoms with Crippen LogP contribution in [0.15, 0.2) is 59.5 Å². The molecule has 1 N–H and O–H groups in total. The Bertz CT molecular complexity index is 1070. The second kappa shape index (κ2) is 10.9. The Balaban J connectivity index is 1.52. The molecule has 1 aliphatic carbocycles. The number of nitrogens with one attached hydrogen (secondary N) is 1. The van der Waals surface area contributed by atoms with Gasteiger partial charge in [0.05, 0.1) is 18.5 Å². The van der Waals surface area contributed by atoms with Crippen molar-refractivity contribution in [1.29, 1.82) is 0 Å². The van der Waals surface area contributed by atoms with Crippen LogP contribution in [-0.2, 0) is 5.75 Å². The van der Waals surface area contributed by atoms with E-state index in [-0.39, 0.29) is 5.91 Å². The Morgan fingerprint density at radius 1 is 1.19 bits per heavy atom. The topological polar surface area (TPSA) is 94.8 Å². The van der Waals surface area contributed by atoms with Crippen molar-refractivity contribution < 1.29 is 9.53 Å². The van der Waals surface area contributed by atoms with E-state index in [1.165, 1.54) is 30.2 Å². The van der Waals surface area contributed by atoms with Crippen LogP contribution >= 0.6 is 11.8 Å². The largest absolute Gasteiger partial charge is 0.497 e. The van der Waals surface area contributed by atoms with E-state index in [4.69, 9.17) is 4.74 Å². The minimum atomic E-state index is -0.217. The van der Waals surface area contributed by atoms with Gasteiger partial charge >= 0.3 is 0 Å². The molecule has 2 aromatic heterocycles. The van der Waals surface area contributed by atoms with E-state index in [0.29, 0.717) is 28.8 Å². The van der Waals surface area contributed by atoms with Crippen LogP contribution in [0.5, 0.6) is 5.75 Å². The van der Waals surface area contributed by atoms with Crippen molar-refractivity contribution in [1.82, 2.24) is 30.3 Å². The van der Waals surface area contributed by atoms with E-state index in [1.54, 1.807) is 30.3 Å². The number of ether oxygens (including phenoxy) is 1. The third kappa shape index (κ3) is 5.53. The van der Waals surface area contributed by atoms with E-state index < -0.39 is 0 Å². The first kappa shape index (κ1) is 22.0. The summed E-state index contributed by atoms with van der Waals surface area (Å²) in [5.74, 6) is 0.986. The van der Waals surface area contributed by atoms with Gasteiger partial charge in [-0.2, -0.15) is 0 Å². The number of allylic oxidation sites excluding steroid dienone is 1. The van der Waals surface area contributed by atoms with Gasteiger partial charge in [-0.1, -0.05) is 28.6 Å². The first-order valence-electron chi connectivity index (χ1n) is 10.7. The lowest BCUT2D eigenvalue weighted by molar-refractivity contribution is 0.0948. The number of thioether (sulfide) groups is 1. The average Bonchev–Trinajstić information content (AvgIpc) is 3.28. The summed E-state index contributed by atoms with van der Waals surface area (Å²) in [4.78, 5) is 21.5. The van der Waals surface area contributed by atoms with Gasteiger partial charge in [-0.3, -0.25) is 4.79 Å². The van der Waals surface area contributed by atoms with Gasteiger partial charge in [0.25, 0.3) is 5.91 Å². The number of aromatic nitrogens is 5. The Morgan fingerprint density at radius 3 is 2.72 bits per heavy atom. The Hall–Kier alpha value is -3.20. The molecule has 0 unspecified atom stereocenters. The summed E-state index contributed by atoms with van der Waals surface area (Å²) in [7, 11) is 1.62. The summed E-state index contributed by atoms with van der Waals surface area (Å²) >= 11 is 1.44. The molecule has 0 spiro atoms. The number of benzene rings is 1. The SMILES string of the molecule is COc1ccc(-n2nnc(C(=O)NCCC3=CCCCC3)c2CSc2ncccn2)cc1. The molecule has 0 fully saturated rings. The van der Waals surface area contributed by atoms with Crippen LogP contribution in [0.1, 0.15) is 48.3 Å². The van der Waals surface area contributed by atoms with Crippen molar-refractivity contribution in [2.24, 2.45) is 0 Å². The Kier molecular flexibility index (Phi) is 7.50. The summed E-state index contributed by atoms with van der Waals surface area (Å²) in [5, 5.41) is 12.1. The van der Waals surface area contributed by atoms with E-state index in [1.807, 2.05) is 24.3 Å². The molecule has 2 heterocycles. The summed E-state index contributed by atoms with van der Waals surface area (Å²) in [6.45, 7) is 0.592. The minimum absolute atomic E-state index is 0.217. The van der Waals surface area contributed by atoms with Crippen LogP contribution in [0.3, 0.4) is 0 Å². The van der Waals surface area contributed by atoms with Gasteiger partial charge in [0.2, 0.25) is 0 Å². The minimum Gasteiger partial charge on any atom is -0.497 e. The molecular formula is C23H26N6O2S. The number of rotatable bonds is 9. The maximum absolute atomic E-state index is 13.0. The fourth-order valence-corrected chi connectivity index (χ4v) is 4.38. The van der Waals surface area contributed by atoms with Gasteiger partial charge in [0.15, 0.2) is 10.9 Å². The summed E-state index contributed by atoms with van der Waals surface area (Å²) in [5.41, 5.74) is 3.24. The van der Waals surface area contributed by atoms with Crippen LogP contribution in [-0.4, -0.2) is 44.5 Å². The number of amides is 1. The number of carbonyl (C=O) groups is 1. The highest BCUT2D eigenvalue weighted by atomic mass is 32.2. The Labute approximate surface area is 191 Å². The predicted molar refractivity (Wildman–Crippen MR) is 123 cm³/mol. The van der Waals surface area contributed by atoms with Crippen LogP contribution in [0.25, 0.3) is 5.69 Å². The first-order chi connectivity index (χ1) is 15.7. The first-order valence-corrected chi connectivity index (χ1v) is 11.7. The van der Waals surface area contributed by atoms with Crippen molar-refractivity contribution in [3.05, 3.63) is 65.8 Å². The normalized spacial score (nSPS) is 13.5. The average molecular weight is 451 g/mol. The zero-order valence-corrected chi connectivity index (χ0v) is 18.8. The molecule has 0 radical (unpaired) electrons. The third-order valence-electron chi connectivity index (χ3n) is 5.29. The fourth-order valence-electron chi connectivity index (χ4n) is 3.58. The Morgan fingerprint density at radius 2 is 2.00 bits per heavy atom. The van der Waals surface area contributed by atoms with E-state index in [9.17, 15) is 4.79 Å². The van der Waals surface area contributed by atoms with E-state index in [2.05, 4.69) is 31.7 Å². The number of methoxy groups -OCH3 is 1. The van der Waals surface area contributed by atoms with E-state index in [0.717, 1.165) is 30.7 Å². The molecule has 166 valence electrons. The van der Waals surface area contributed by atoms with E-state index >= 15 is 0 Å². The van der Waals surface area contributed by atoms with Crippen molar-refractivity contribution in [3.8, 4) is 11.4 Å². The molecule has 0 bridgehead atoms. The molecule has 8 nitrogen and oxygen atoms in total. The van der Waals surface area contributed by atoms with Gasteiger partial charge in [-0.05, 0) is 62.4 Å². The zero-order valence-electron chi connectivity index (χ0n) is 18.0. The maximum Gasteiger partial charge on any atom is 0.273 e. The number of nitrogens with zero attached hydrogens (tertiary/aromatic N) is 5. The lowest BCUT2D eigenvalue weighted by Crippen LogP contribution is -2.26. The molecule has 32 heavy (non-hydrogen) atoms. The molecule has 0 saturated carbocycles. The van der Waals surface area contributed by atoms with Gasteiger partial charge in [0.1, 0.15) is 5.75 Å². The second-order valence-electron chi connectivity index (χ2n) is 7.43. The summed E-state index contributed by atoms with van der Waals surface area (Å²) in [6, 6.07) is 9.25. The highest BCUT2D eigenvalue weighted by Crippen LogP contribution is 2.24. The highest BCUT2D eigenvalue weighted by Gasteiger charge is 2.21. The molecular weight excluding hydrogens is 424 g/mol. The molecule has 0 saturated heterocycles. The zero-order chi connectivity index (χ0) is 22.2. The molecule has 1 aliphatic rings. The fraction of sp³-hybridized carbons (Fsp3) is 0.348. The monoisotopic (exact) mass is 450 g/mol. The predicted octanol–water partition coefficient (Wildman–Crippen LogP) is 3.98. The smallest absolute Gasteiger partial charge is 0.273 e. The van der Waals surface area contributed by atoms with Crippen LogP contribution in [0.4, 0.5) is 0 Å². The van der Waals surface area contributed by atoms with Gasteiger partial charge in [0, 0.05) is 24.7 Å². The van der Waals surface area contributed by atoms with Gasteiger partial charge < -0.3 is 10.1 Å². The third-order valence-corrected chi connectivity index (χ3v) is 6.18. The maximum atomic E-state index is 13.0. The molecule has 1 amide bonds. The molecule has 1 aromatic carbocycles. The number of hydrogen-bond acceptors (Lipinski definition) is 7. The lowest BCUT2D eigenvalue weighted by atomic mass is 9.97. The van der Waals surface area contributed by atoms with Gasteiger partial charge in [-0.25, -0.2) is 14.6 Å². The van der Waals surface area contributed by atoms with Crippen molar-refractivity contribution >= 4 is 17.7 Å².